The maximum Gasteiger partial charge on any atom is 0.631 e. The van der Waals surface area contributed by atoms with E-state index < -0.39 is 25.2 Å². The van der Waals surface area contributed by atoms with Crippen LogP contribution in [0.4, 0.5) is 4.39 Å². The van der Waals surface area contributed by atoms with Crippen molar-refractivity contribution >= 4 is 7.32 Å². The zero-order chi connectivity index (χ0) is 15.8. The van der Waals surface area contributed by atoms with Gasteiger partial charge in [-0.1, -0.05) is 30.3 Å². The molecule has 20 heavy (non-hydrogen) atoms. The average molecular weight is 288 g/mol. The molecular weight excluding hydrogens is 266 g/mol. The molecule has 114 valence electrons. The lowest BCUT2D eigenvalue weighted by Gasteiger charge is -2.38. The Balaban J connectivity index is 0.000000796. The first-order valence-corrected chi connectivity index (χ1v) is 6.13. The van der Waals surface area contributed by atoms with Gasteiger partial charge in [-0.15, -0.1) is 0 Å². The number of hydrogen-bond acceptors (Lipinski definition) is 5. The van der Waals surface area contributed by atoms with E-state index in [-0.39, 0.29) is 0 Å². The van der Waals surface area contributed by atoms with Crippen LogP contribution in [-0.4, -0.2) is 45.4 Å². The molecule has 0 aliphatic carbocycles. The van der Waals surface area contributed by atoms with E-state index in [1.807, 2.05) is 30.3 Å². The number of halogens is 1. The molecule has 1 rings (SSSR count). The molecule has 0 saturated carbocycles. The molecule has 1 atom stereocenters. The summed E-state index contributed by atoms with van der Waals surface area (Å²) in [7, 11) is -2.17. The predicted molar refractivity (Wildman–Crippen MR) is 74.3 cm³/mol. The quantitative estimate of drug-likeness (QED) is 0.597. The summed E-state index contributed by atoms with van der Waals surface area (Å²) in [5.74, 6) is 0. The number of alkyl halides is 1. The lowest BCUT2D eigenvalue weighted by atomic mass is 9.88. The van der Waals surface area contributed by atoms with Crippen molar-refractivity contribution in [3.63, 3.8) is 0 Å². The van der Waals surface area contributed by atoms with Gasteiger partial charge in [0.1, 0.15) is 12.3 Å². The minimum Gasteiger partial charge on any atom is -0.402 e. The SMILES string of the molecule is CC(C)(O)C(C)(CF)OCc1ccccc1.OB(O)O. The summed E-state index contributed by atoms with van der Waals surface area (Å²) in [6.45, 7) is 4.26. The molecule has 0 heterocycles. The number of aliphatic hydroxyl groups is 1. The van der Waals surface area contributed by atoms with Gasteiger partial charge in [0.05, 0.1) is 12.2 Å². The summed E-state index contributed by atoms with van der Waals surface area (Å²) in [4.78, 5) is 0. The highest BCUT2D eigenvalue weighted by Gasteiger charge is 2.41. The van der Waals surface area contributed by atoms with Gasteiger partial charge in [-0.25, -0.2) is 4.39 Å². The Kier molecular flexibility index (Phi) is 7.92. The van der Waals surface area contributed by atoms with Crippen LogP contribution in [0, 0.1) is 0 Å². The van der Waals surface area contributed by atoms with E-state index in [4.69, 9.17) is 19.8 Å². The van der Waals surface area contributed by atoms with E-state index in [0.717, 1.165) is 5.56 Å². The molecule has 1 aromatic carbocycles. The van der Waals surface area contributed by atoms with Crippen molar-refractivity contribution in [1.82, 2.24) is 0 Å². The highest BCUT2D eigenvalue weighted by molar-refractivity contribution is 6.30. The predicted octanol–water partition coefficient (Wildman–Crippen LogP) is 0.650. The Morgan fingerprint density at radius 3 is 1.90 bits per heavy atom. The maximum atomic E-state index is 13.0. The summed E-state index contributed by atoms with van der Waals surface area (Å²) < 4.78 is 18.5. The first-order valence-electron chi connectivity index (χ1n) is 6.13. The molecule has 0 aliphatic heterocycles. The van der Waals surface area contributed by atoms with E-state index in [2.05, 4.69) is 0 Å². The summed E-state index contributed by atoms with van der Waals surface area (Å²) in [5, 5.41) is 31.3. The van der Waals surface area contributed by atoms with Crippen LogP contribution in [0.15, 0.2) is 30.3 Å². The standard InChI is InChI=1S/C13H19FO2.BH3O3/c1-12(2,15)13(3,10-14)16-9-11-7-5-4-6-8-11;2-1(3)4/h4-8,15H,9-10H2,1-3H3;2-4H. The molecule has 5 nitrogen and oxygen atoms in total. The van der Waals surface area contributed by atoms with Crippen LogP contribution < -0.4 is 0 Å². The van der Waals surface area contributed by atoms with Crippen molar-refractivity contribution in [3.8, 4) is 0 Å². The van der Waals surface area contributed by atoms with E-state index >= 15 is 0 Å². The zero-order valence-corrected chi connectivity index (χ0v) is 12.0. The first-order chi connectivity index (χ1) is 9.12. The smallest absolute Gasteiger partial charge is 0.402 e. The van der Waals surface area contributed by atoms with Gasteiger partial charge in [0.25, 0.3) is 0 Å². The van der Waals surface area contributed by atoms with Gasteiger partial charge in [-0.2, -0.15) is 0 Å². The normalized spacial score (nSPS) is 14.0. The highest BCUT2D eigenvalue weighted by Crippen LogP contribution is 2.27. The van der Waals surface area contributed by atoms with Crippen LogP contribution in [0.3, 0.4) is 0 Å². The molecule has 1 aromatic rings. The first kappa shape index (κ1) is 19.0. The molecule has 0 spiro atoms. The molecular formula is C13H22BFO5. The molecule has 4 N–H and O–H groups in total. The van der Waals surface area contributed by atoms with Crippen molar-refractivity contribution in [3.05, 3.63) is 35.9 Å². The summed E-state index contributed by atoms with van der Waals surface area (Å²) in [6.07, 6.45) is 0. The minimum absolute atomic E-state index is 0.297. The molecule has 0 fully saturated rings. The van der Waals surface area contributed by atoms with Crippen LogP contribution in [0.5, 0.6) is 0 Å². The van der Waals surface area contributed by atoms with Crippen molar-refractivity contribution in [2.75, 3.05) is 6.67 Å². The van der Waals surface area contributed by atoms with Crippen molar-refractivity contribution in [1.29, 1.82) is 0 Å². The Morgan fingerprint density at radius 2 is 1.55 bits per heavy atom. The van der Waals surface area contributed by atoms with Gasteiger partial charge >= 0.3 is 7.32 Å². The lowest BCUT2D eigenvalue weighted by Crippen LogP contribution is -2.51. The van der Waals surface area contributed by atoms with E-state index in [0.29, 0.717) is 6.61 Å². The molecule has 1 unspecified atom stereocenters. The molecule has 0 amide bonds. The molecule has 0 saturated heterocycles. The number of benzene rings is 1. The van der Waals surface area contributed by atoms with Gasteiger partial charge < -0.3 is 24.9 Å². The van der Waals surface area contributed by atoms with Gasteiger partial charge in [0.2, 0.25) is 0 Å². The Labute approximate surface area is 118 Å². The monoisotopic (exact) mass is 288 g/mol. The topological polar surface area (TPSA) is 90.2 Å². The molecule has 0 radical (unpaired) electrons. The van der Waals surface area contributed by atoms with Crippen LogP contribution in [0.2, 0.25) is 0 Å². The Morgan fingerprint density at radius 1 is 1.10 bits per heavy atom. The second-order valence-electron chi connectivity index (χ2n) is 5.04. The third-order valence-corrected chi connectivity index (χ3v) is 2.95. The maximum absolute atomic E-state index is 13.0. The average Bonchev–Trinajstić information content (AvgIpc) is 2.35. The molecule has 7 heteroatoms. The second kappa shape index (κ2) is 8.33. The van der Waals surface area contributed by atoms with E-state index in [1.54, 1.807) is 20.8 Å². The third-order valence-electron chi connectivity index (χ3n) is 2.95. The van der Waals surface area contributed by atoms with Crippen LogP contribution >= 0.6 is 0 Å². The van der Waals surface area contributed by atoms with E-state index in [1.165, 1.54) is 0 Å². The van der Waals surface area contributed by atoms with Crippen LogP contribution in [-0.2, 0) is 11.3 Å². The fourth-order valence-corrected chi connectivity index (χ4v) is 1.20. The largest absolute Gasteiger partial charge is 0.631 e. The molecule has 0 aromatic heterocycles. The molecule has 0 aliphatic rings. The summed E-state index contributed by atoms with van der Waals surface area (Å²) in [5.41, 5.74) is -1.43. The zero-order valence-electron chi connectivity index (χ0n) is 12.0. The van der Waals surface area contributed by atoms with Crippen LogP contribution in [0.1, 0.15) is 26.3 Å². The third kappa shape index (κ3) is 6.97. The van der Waals surface area contributed by atoms with Gasteiger partial charge in [-0.3, -0.25) is 0 Å². The van der Waals surface area contributed by atoms with Crippen LogP contribution in [0.25, 0.3) is 0 Å². The van der Waals surface area contributed by atoms with Crippen molar-refractivity contribution in [2.24, 2.45) is 0 Å². The van der Waals surface area contributed by atoms with Crippen molar-refractivity contribution in [2.45, 2.75) is 38.6 Å². The number of rotatable bonds is 5. The fraction of sp³-hybridized carbons (Fsp3) is 0.538. The minimum atomic E-state index is -2.17. The van der Waals surface area contributed by atoms with Gasteiger partial charge in [-0.05, 0) is 26.3 Å². The van der Waals surface area contributed by atoms with Crippen molar-refractivity contribution < 1.29 is 29.3 Å². The number of hydrogen-bond donors (Lipinski definition) is 4. The van der Waals surface area contributed by atoms with Gasteiger partial charge in [0, 0.05) is 0 Å². The second-order valence-corrected chi connectivity index (χ2v) is 5.04. The Hall–Kier alpha value is -0.985. The van der Waals surface area contributed by atoms with E-state index in [9.17, 15) is 9.50 Å². The lowest BCUT2D eigenvalue weighted by molar-refractivity contribution is -0.172. The van der Waals surface area contributed by atoms with Gasteiger partial charge in [0.15, 0.2) is 0 Å². The fourth-order valence-electron chi connectivity index (χ4n) is 1.20. The Bertz CT molecular complexity index is 366. The molecule has 0 bridgehead atoms. The summed E-state index contributed by atoms with van der Waals surface area (Å²) >= 11 is 0. The highest BCUT2D eigenvalue weighted by atomic mass is 19.1. The number of ether oxygens (including phenoxy) is 1. The summed E-state index contributed by atoms with van der Waals surface area (Å²) in [6, 6.07) is 9.52.